The van der Waals surface area contributed by atoms with Crippen LogP contribution in [0.1, 0.15) is 10.6 Å². The molecular formula is C21H10Cl2N2O2S. The zero-order valence-electron chi connectivity index (χ0n) is 14.1. The van der Waals surface area contributed by atoms with Gasteiger partial charge in [0.1, 0.15) is 16.7 Å². The summed E-state index contributed by atoms with van der Waals surface area (Å²) in [6.07, 6.45) is 1.67. The molecule has 0 saturated heterocycles. The number of thiazole rings is 1. The molecule has 0 saturated carbocycles. The molecule has 7 heteroatoms. The molecule has 2 heterocycles. The highest BCUT2D eigenvalue weighted by Crippen LogP contribution is 2.29. The summed E-state index contributed by atoms with van der Waals surface area (Å²) in [5, 5.41) is 13.5. The van der Waals surface area contributed by atoms with Gasteiger partial charge >= 0.3 is 5.63 Å². The van der Waals surface area contributed by atoms with E-state index in [9.17, 15) is 10.1 Å². The molecule has 0 N–H and O–H groups in total. The van der Waals surface area contributed by atoms with Gasteiger partial charge in [-0.05, 0) is 42.0 Å². The molecule has 0 amide bonds. The largest absolute Gasteiger partial charge is 0.422 e. The summed E-state index contributed by atoms with van der Waals surface area (Å²) in [6, 6.07) is 16.1. The van der Waals surface area contributed by atoms with E-state index in [1.54, 1.807) is 41.8 Å². The van der Waals surface area contributed by atoms with Crippen LogP contribution in [0.4, 0.5) is 0 Å². The highest BCUT2D eigenvalue weighted by Gasteiger charge is 2.14. The first-order valence-corrected chi connectivity index (χ1v) is 9.75. The number of halogens is 2. The summed E-state index contributed by atoms with van der Waals surface area (Å²) >= 11 is 13.5. The minimum Gasteiger partial charge on any atom is -0.422 e. The molecular weight excluding hydrogens is 415 g/mol. The molecule has 4 rings (SSSR count). The lowest BCUT2D eigenvalue weighted by Gasteiger charge is -2.00. The minimum absolute atomic E-state index is 0.312. The molecule has 4 nitrogen and oxygen atoms in total. The summed E-state index contributed by atoms with van der Waals surface area (Å²) in [5.74, 6) is 0. The van der Waals surface area contributed by atoms with Crippen LogP contribution in [-0.2, 0) is 0 Å². The number of allylic oxidation sites excluding steroid dienone is 1. The van der Waals surface area contributed by atoms with Gasteiger partial charge in [-0.3, -0.25) is 0 Å². The lowest BCUT2D eigenvalue weighted by Crippen LogP contribution is -2.02. The number of hydrogen-bond acceptors (Lipinski definition) is 5. The Bertz CT molecular complexity index is 1330. The van der Waals surface area contributed by atoms with Crippen molar-refractivity contribution < 1.29 is 4.42 Å². The van der Waals surface area contributed by atoms with E-state index in [0.29, 0.717) is 42.9 Å². The number of nitrogens with zero attached hydrogens (tertiary/aromatic N) is 2. The first kappa shape index (κ1) is 18.5. The van der Waals surface area contributed by atoms with E-state index in [4.69, 9.17) is 27.6 Å². The average molecular weight is 425 g/mol. The molecule has 0 fully saturated rings. The topological polar surface area (TPSA) is 66.9 Å². The Balaban J connectivity index is 1.78. The van der Waals surface area contributed by atoms with E-state index in [0.717, 1.165) is 5.56 Å². The van der Waals surface area contributed by atoms with Crippen LogP contribution in [-0.4, -0.2) is 4.98 Å². The van der Waals surface area contributed by atoms with E-state index in [2.05, 4.69) is 11.1 Å². The van der Waals surface area contributed by atoms with E-state index in [1.807, 2.05) is 18.2 Å². The fourth-order valence-corrected chi connectivity index (χ4v) is 3.84. The molecule has 0 spiro atoms. The van der Waals surface area contributed by atoms with Crippen LogP contribution in [0.2, 0.25) is 10.0 Å². The van der Waals surface area contributed by atoms with E-state index >= 15 is 0 Å². The molecule has 28 heavy (non-hydrogen) atoms. The van der Waals surface area contributed by atoms with Crippen molar-refractivity contribution in [3.8, 4) is 17.3 Å². The van der Waals surface area contributed by atoms with Crippen molar-refractivity contribution in [2.75, 3.05) is 0 Å². The first-order chi connectivity index (χ1) is 13.5. The smallest absolute Gasteiger partial charge is 0.345 e. The number of rotatable bonds is 3. The molecule has 136 valence electrons. The number of hydrogen-bond donors (Lipinski definition) is 0. The van der Waals surface area contributed by atoms with Crippen molar-refractivity contribution in [1.29, 1.82) is 5.26 Å². The van der Waals surface area contributed by atoms with Gasteiger partial charge in [-0.25, -0.2) is 9.78 Å². The van der Waals surface area contributed by atoms with E-state index < -0.39 is 5.63 Å². The zero-order valence-corrected chi connectivity index (χ0v) is 16.5. The van der Waals surface area contributed by atoms with Crippen LogP contribution in [0.25, 0.3) is 33.9 Å². The first-order valence-electron chi connectivity index (χ1n) is 8.11. The molecule has 2 aromatic carbocycles. The lowest BCUT2D eigenvalue weighted by atomic mass is 10.1. The molecule has 2 aromatic heterocycles. The van der Waals surface area contributed by atoms with Gasteiger partial charge in [0.25, 0.3) is 0 Å². The summed E-state index contributed by atoms with van der Waals surface area (Å²) in [4.78, 5) is 16.8. The summed E-state index contributed by atoms with van der Waals surface area (Å²) in [7, 11) is 0. The van der Waals surface area contributed by atoms with Gasteiger partial charge in [0, 0.05) is 20.8 Å². The molecule has 0 aliphatic rings. The summed E-state index contributed by atoms with van der Waals surface area (Å²) in [6.45, 7) is 0. The molecule has 0 aliphatic carbocycles. The van der Waals surface area contributed by atoms with Gasteiger partial charge in [-0.1, -0.05) is 41.4 Å². The Labute approximate surface area is 173 Å². The van der Waals surface area contributed by atoms with Gasteiger partial charge in [-0.2, -0.15) is 5.26 Å². The van der Waals surface area contributed by atoms with Crippen LogP contribution in [0, 0.1) is 11.3 Å². The lowest BCUT2D eigenvalue weighted by molar-refractivity contribution is 0.563. The number of aromatic nitrogens is 1. The van der Waals surface area contributed by atoms with Gasteiger partial charge < -0.3 is 4.42 Å². The fraction of sp³-hybridized carbons (Fsp3) is 0. The zero-order chi connectivity index (χ0) is 19.7. The maximum absolute atomic E-state index is 12.4. The van der Waals surface area contributed by atoms with Crippen molar-refractivity contribution >= 4 is 57.2 Å². The molecule has 0 aliphatic heterocycles. The van der Waals surface area contributed by atoms with Gasteiger partial charge in [0.2, 0.25) is 0 Å². The van der Waals surface area contributed by atoms with Gasteiger partial charge in [0.15, 0.2) is 0 Å². The normalized spacial score (nSPS) is 11.5. The third-order valence-corrected chi connectivity index (χ3v) is 5.49. The predicted octanol–water partition coefficient (Wildman–Crippen LogP) is 6.29. The Morgan fingerprint density at radius 3 is 2.79 bits per heavy atom. The van der Waals surface area contributed by atoms with Crippen LogP contribution in [0.15, 0.2) is 63.1 Å². The second-order valence-electron chi connectivity index (χ2n) is 5.86. The van der Waals surface area contributed by atoms with Gasteiger partial charge in [0.05, 0.1) is 16.8 Å². The third-order valence-electron chi connectivity index (χ3n) is 4.03. The molecule has 0 unspecified atom stereocenters. The van der Waals surface area contributed by atoms with Crippen LogP contribution >= 0.6 is 34.5 Å². The highest BCUT2D eigenvalue weighted by molar-refractivity contribution is 7.11. The second kappa shape index (κ2) is 7.61. The SMILES string of the molecule is N#CC(=Cc1ccccc1Cl)c1nc(-c2cc3cc(Cl)ccc3oc2=O)cs1. The van der Waals surface area contributed by atoms with Crippen LogP contribution in [0.3, 0.4) is 0 Å². The van der Waals surface area contributed by atoms with Crippen LogP contribution in [0.5, 0.6) is 0 Å². The number of benzene rings is 2. The summed E-state index contributed by atoms with van der Waals surface area (Å²) in [5.41, 5.74) is 1.78. The standard InChI is InChI=1S/C21H10Cl2N2O2S/c22-15-5-6-19-13(8-15)9-16(21(26)27-19)18-11-28-20(25-18)14(10-24)7-12-3-1-2-4-17(12)23/h1-9,11H. The average Bonchev–Trinajstić information content (AvgIpc) is 3.17. The van der Waals surface area contributed by atoms with Crippen molar-refractivity contribution in [3.05, 3.63) is 84.9 Å². The quantitative estimate of drug-likeness (QED) is 0.286. The van der Waals surface area contributed by atoms with Crippen molar-refractivity contribution in [2.24, 2.45) is 0 Å². The third kappa shape index (κ3) is 3.58. The highest BCUT2D eigenvalue weighted by atomic mass is 35.5. The summed E-state index contributed by atoms with van der Waals surface area (Å²) < 4.78 is 5.36. The molecule has 0 bridgehead atoms. The molecule has 4 aromatic rings. The van der Waals surface area contributed by atoms with E-state index in [1.165, 1.54) is 11.3 Å². The number of nitriles is 1. The fourth-order valence-electron chi connectivity index (χ4n) is 2.68. The maximum Gasteiger partial charge on any atom is 0.345 e. The predicted molar refractivity (Wildman–Crippen MR) is 114 cm³/mol. The monoisotopic (exact) mass is 424 g/mol. The van der Waals surface area contributed by atoms with Gasteiger partial charge in [-0.15, -0.1) is 11.3 Å². The second-order valence-corrected chi connectivity index (χ2v) is 7.56. The van der Waals surface area contributed by atoms with Crippen molar-refractivity contribution in [1.82, 2.24) is 4.98 Å². The Morgan fingerprint density at radius 2 is 2.00 bits per heavy atom. The molecule has 0 atom stereocenters. The Morgan fingerprint density at radius 1 is 1.18 bits per heavy atom. The Kier molecular flexibility index (Phi) is 5.01. The van der Waals surface area contributed by atoms with E-state index in [-0.39, 0.29) is 0 Å². The molecule has 0 radical (unpaired) electrons. The number of fused-ring (bicyclic) bond motifs is 1. The van der Waals surface area contributed by atoms with Crippen molar-refractivity contribution in [2.45, 2.75) is 0 Å². The van der Waals surface area contributed by atoms with Crippen molar-refractivity contribution in [3.63, 3.8) is 0 Å². The minimum atomic E-state index is -0.500. The Hall–Kier alpha value is -2.91. The maximum atomic E-state index is 12.4. The van der Waals surface area contributed by atoms with Crippen LogP contribution < -0.4 is 5.63 Å².